The minimum Gasteiger partial charge on any atom is -0.464 e. The van der Waals surface area contributed by atoms with Crippen molar-refractivity contribution in [2.45, 2.75) is 252 Å². The molecular weight excluding hydrogens is 676 g/mol. The number of ether oxygens (including phenoxy) is 1. The summed E-state index contributed by atoms with van der Waals surface area (Å²) in [5.41, 5.74) is 0. The summed E-state index contributed by atoms with van der Waals surface area (Å²) in [7, 11) is 4.11. The Balaban J connectivity index is 4.99. The molecule has 0 aromatic heterocycles. The summed E-state index contributed by atoms with van der Waals surface area (Å²) < 4.78 is 20.2. The smallest absolute Gasteiger partial charge is 0.340 e. The molecule has 0 heterocycles. The molecule has 322 valence electrons. The van der Waals surface area contributed by atoms with Crippen LogP contribution in [-0.4, -0.2) is 67.9 Å². The number of hydrogen-bond donors (Lipinski definition) is 0. The second kappa shape index (κ2) is 40.0. The molecule has 0 aliphatic carbocycles. The lowest BCUT2D eigenvalue weighted by atomic mass is 9.92. The molecule has 6 nitrogen and oxygen atoms in total. The van der Waals surface area contributed by atoms with Gasteiger partial charge in [-0.1, -0.05) is 188 Å². The van der Waals surface area contributed by atoms with Crippen molar-refractivity contribution in [3.8, 4) is 0 Å². The first-order chi connectivity index (χ1) is 26.3. The van der Waals surface area contributed by atoms with Gasteiger partial charge in [0.25, 0.3) is 0 Å². The third kappa shape index (κ3) is 33.0. The van der Waals surface area contributed by atoms with Crippen molar-refractivity contribution in [2.75, 3.05) is 33.9 Å². The van der Waals surface area contributed by atoms with Gasteiger partial charge in [0.2, 0.25) is 5.91 Å². The lowest BCUT2D eigenvalue weighted by Crippen LogP contribution is -2.41. The fourth-order valence-electron chi connectivity index (χ4n) is 7.54. The third-order valence-electron chi connectivity index (χ3n) is 11.1. The number of rotatable bonds is 42. The average Bonchev–Trinajstić information content (AvgIpc) is 3.15. The van der Waals surface area contributed by atoms with Gasteiger partial charge >= 0.3 is 5.97 Å². The number of carbonyl (C=O) groups excluding carboxylic acids is 2. The highest BCUT2D eigenvalue weighted by Crippen LogP contribution is 2.23. The van der Waals surface area contributed by atoms with Crippen LogP contribution in [0.5, 0.6) is 0 Å². The number of esters is 1. The van der Waals surface area contributed by atoms with Gasteiger partial charge in [0.05, 0.1) is 19.3 Å². The lowest BCUT2D eigenvalue weighted by molar-refractivity contribution is -0.203. The molecule has 0 fully saturated rings. The average molecular weight is 769 g/mol. The minimum atomic E-state index is -1.53. The van der Waals surface area contributed by atoms with E-state index in [2.05, 4.69) is 46.7 Å². The van der Waals surface area contributed by atoms with E-state index in [0.717, 1.165) is 70.8 Å². The number of hydroxylamine groups is 2. The van der Waals surface area contributed by atoms with Crippen LogP contribution in [0.1, 0.15) is 240 Å². The van der Waals surface area contributed by atoms with E-state index in [9.17, 15) is 14.0 Å². The number of carbonyl (C=O) groups is 2. The molecule has 0 aromatic rings. The van der Waals surface area contributed by atoms with Crippen molar-refractivity contribution >= 4 is 11.9 Å². The summed E-state index contributed by atoms with van der Waals surface area (Å²) in [5, 5.41) is 1.79. The number of hydrogen-bond acceptors (Lipinski definition) is 5. The maximum atomic E-state index is 14.8. The van der Waals surface area contributed by atoms with Crippen LogP contribution in [0.15, 0.2) is 0 Å². The van der Waals surface area contributed by atoms with Crippen LogP contribution in [0.3, 0.4) is 0 Å². The Hall–Kier alpha value is -1.21. The molecule has 1 amide bonds. The van der Waals surface area contributed by atoms with Crippen LogP contribution in [-0.2, 0) is 19.2 Å². The highest BCUT2D eigenvalue weighted by atomic mass is 19.1. The summed E-state index contributed by atoms with van der Waals surface area (Å²) >= 11 is 0. The minimum absolute atomic E-state index is 0.0817. The van der Waals surface area contributed by atoms with Crippen LogP contribution in [0.25, 0.3) is 0 Å². The van der Waals surface area contributed by atoms with Gasteiger partial charge in [-0.15, -0.1) is 0 Å². The highest BCUT2D eigenvalue weighted by Gasteiger charge is 2.25. The lowest BCUT2D eigenvalue weighted by Gasteiger charge is -2.31. The SMILES string of the molecule is CCCCCCCCCCON(C(=O)CCCN(C)C)C(CCCCCCCCC)CCCCCCC(F)C(=O)OCCC(CCCCC)CCCCC. The Bertz CT molecular complexity index is 803. The van der Waals surface area contributed by atoms with Crippen molar-refractivity contribution in [2.24, 2.45) is 5.92 Å². The molecule has 0 radical (unpaired) electrons. The molecule has 0 aliphatic rings. The molecule has 0 saturated carbocycles. The molecule has 0 bridgehead atoms. The molecule has 0 rings (SSSR count). The zero-order valence-electron chi connectivity index (χ0n) is 37.1. The fraction of sp³-hybridized carbons (Fsp3) is 0.957. The largest absolute Gasteiger partial charge is 0.464 e. The van der Waals surface area contributed by atoms with E-state index in [-0.39, 0.29) is 18.4 Å². The van der Waals surface area contributed by atoms with Gasteiger partial charge in [0.15, 0.2) is 6.17 Å². The van der Waals surface area contributed by atoms with Gasteiger partial charge in [-0.05, 0) is 71.5 Å². The van der Waals surface area contributed by atoms with Crippen molar-refractivity contribution in [3.05, 3.63) is 0 Å². The Morgan fingerprint density at radius 2 is 0.926 bits per heavy atom. The van der Waals surface area contributed by atoms with Crippen LogP contribution < -0.4 is 0 Å². The van der Waals surface area contributed by atoms with Crippen molar-refractivity contribution in [1.82, 2.24) is 9.96 Å². The third-order valence-corrected chi connectivity index (χ3v) is 11.1. The summed E-state index contributed by atoms with van der Waals surface area (Å²) in [6.45, 7) is 10.8. The zero-order chi connectivity index (χ0) is 39.9. The molecule has 0 N–H and O–H groups in total. The van der Waals surface area contributed by atoms with Crippen molar-refractivity contribution in [3.63, 3.8) is 0 Å². The van der Waals surface area contributed by atoms with Gasteiger partial charge < -0.3 is 9.64 Å². The van der Waals surface area contributed by atoms with E-state index < -0.39 is 12.1 Å². The fourth-order valence-corrected chi connectivity index (χ4v) is 7.54. The van der Waals surface area contributed by atoms with E-state index >= 15 is 0 Å². The van der Waals surface area contributed by atoms with Gasteiger partial charge in [-0.25, -0.2) is 14.2 Å². The maximum Gasteiger partial charge on any atom is 0.340 e. The molecule has 2 atom stereocenters. The zero-order valence-corrected chi connectivity index (χ0v) is 37.1. The maximum absolute atomic E-state index is 14.8. The van der Waals surface area contributed by atoms with Crippen molar-refractivity contribution < 1.29 is 23.6 Å². The van der Waals surface area contributed by atoms with Crippen LogP contribution in [0, 0.1) is 5.92 Å². The Morgan fingerprint density at radius 3 is 1.43 bits per heavy atom. The summed E-state index contributed by atoms with van der Waals surface area (Å²) in [6, 6.07) is 0.0817. The van der Waals surface area contributed by atoms with E-state index in [0.29, 0.717) is 32.0 Å². The quantitative estimate of drug-likeness (QED) is 0.0352. The number of unbranched alkanes of at least 4 members (excludes halogenated alkanes) is 20. The van der Waals surface area contributed by atoms with Gasteiger partial charge in [-0.2, -0.15) is 0 Å². The molecule has 2 unspecified atom stereocenters. The molecule has 0 aliphatic heterocycles. The summed E-state index contributed by atoms with van der Waals surface area (Å²) in [6.07, 6.45) is 34.7. The highest BCUT2D eigenvalue weighted by molar-refractivity contribution is 5.75. The molecule has 54 heavy (non-hydrogen) atoms. The number of nitrogens with zero attached hydrogens (tertiary/aromatic N) is 2. The first-order valence-electron chi connectivity index (χ1n) is 23.7. The number of amides is 1. The van der Waals surface area contributed by atoms with Crippen LogP contribution in [0.4, 0.5) is 4.39 Å². The first-order valence-corrected chi connectivity index (χ1v) is 23.7. The van der Waals surface area contributed by atoms with E-state index in [1.807, 2.05) is 0 Å². The normalized spacial score (nSPS) is 12.8. The summed E-state index contributed by atoms with van der Waals surface area (Å²) in [4.78, 5) is 34.6. The van der Waals surface area contributed by atoms with E-state index in [4.69, 9.17) is 9.57 Å². The van der Waals surface area contributed by atoms with Crippen LogP contribution in [0.2, 0.25) is 0 Å². The Kier molecular flexibility index (Phi) is 39.1. The Labute approximate surface area is 336 Å². The number of alkyl halides is 1. The van der Waals surface area contributed by atoms with E-state index in [1.165, 1.54) is 128 Å². The number of halogens is 1. The molecule has 0 spiro atoms. The molecule has 7 heteroatoms. The van der Waals surface area contributed by atoms with Gasteiger partial charge in [-0.3, -0.25) is 9.63 Å². The topological polar surface area (TPSA) is 59.1 Å². The Morgan fingerprint density at radius 1 is 0.500 bits per heavy atom. The summed E-state index contributed by atoms with van der Waals surface area (Å²) in [5.74, 6) is 0.0161. The van der Waals surface area contributed by atoms with E-state index in [1.54, 1.807) is 5.06 Å². The predicted octanol–water partition coefficient (Wildman–Crippen LogP) is 14.1. The van der Waals surface area contributed by atoms with Gasteiger partial charge in [0.1, 0.15) is 0 Å². The van der Waals surface area contributed by atoms with Crippen molar-refractivity contribution in [1.29, 1.82) is 0 Å². The van der Waals surface area contributed by atoms with Crippen LogP contribution >= 0.6 is 0 Å². The molecule has 0 aromatic carbocycles. The molecule has 0 saturated heterocycles. The second-order valence-corrected chi connectivity index (χ2v) is 16.8. The monoisotopic (exact) mass is 769 g/mol. The molecular formula is C47H93FN2O4. The first kappa shape index (κ1) is 52.8. The standard InChI is InChI=1S/C47H93FN2O4/c1-7-11-15-17-19-21-25-31-41-54-50(46(51)38-32-40-49(5)6)44(35-28-22-20-18-16-12-8-2)36-29-23-24-30-37-45(48)47(52)53-42-39-43(33-26-13-9-3)34-27-14-10-4/h43-45H,7-42H2,1-6H3. The van der Waals surface area contributed by atoms with Gasteiger partial charge in [0, 0.05) is 6.42 Å². The second-order valence-electron chi connectivity index (χ2n) is 16.8. The predicted molar refractivity (Wildman–Crippen MR) is 230 cm³/mol.